The van der Waals surface area contributed by atoms with E-state index in [9.17, 15) is 9.59 Å². The summed E-state index contributed by atoms with van der Waals surface area (Å²) in [5, 5.41) is 6.05. The number of hydrogen-bond acceptors (Lipinski definition) is 4. The third-order valence-electron chi connectivity index (χ3n) is 5.88. The fourth-order valence-corrected chi connectivity index (χ4v) is 4.40. The fourth-order valence-electron chi connectivity index (χ4n) is 4.40. The Morgan fingerprint density at radius 3 is 2.57 bits per heavy atom. The average molecular weight is 388 g/mol. The molecule has 2 fully saturated rings. The van der Waals surface area contributed by atoms with Gasteiger partial charge in [-0.25, -0.2) is 0 Å². The summed E-state index contributed by atoms with van der Waals surface area (Å²) in [5.74, 6) is 0.704. The molecule has 0 spiro atoms. The molecular weight excluding hydrogens is 354 g/mol. The van der Waals surface area contributed by atoms with Crippen LogP contribution in [0.15, 0.2) is 24.3 Å². The lowest BCUT2D eigenvalue weighted by Crippen LogP contribution is -2.59. The number of carbonyl (C=O) groups excluding carboxylic acids is 2. The topological polar surface area (TPSA) is 70.7 Å². The molecule has 1 aliphatic heterocycles. The highest BCUT2D eigenvalue weighted by molar-refractivity contribution is 5.89. The van der Waals surface area contributed by atoms with Gasteiger partial charge in [-0.15, -0.1) is 0 Å². The van der Waals surface area contributed by atoms with Gasteiger partial charge in [0.2, 0.25) is 11.8 Å². The Hall–Kier alpha value is -2.08. The van der Waals surface area contributed by atoms with Gasteiger partial charge < -0.3 is 15.4 Å². The summed E-state index contributed by atoms with van der Waals surface area (Å²) in [6, 6.07) is 7.86. The third-order valence-corrected chi connectivity index (χ3v) is 5.88. The molecule has 1 aromatic carbocycles. The number of piperazine rings is 1. The van der Waals surface area contributed by atoms with Crippen LogP contribution in [-0.4, -0.2) is 48.5 Å². The van der Waals surface area contributed by atoms with Crippen molar-refractivity contribution < 1.29 is 14.3 Å². The minimum absolute atomic E-state index is 0.0211. The predicted octanol–water partition coefficient (Wildman–Crippen LogP) is 2.57. The molecule has 1 saturated heterocycles. The maximum absolute atomic E-state index is 12.8. The van der Waals surface area contributed by atoms with Crippen LogP contribution in [0, 0.1) is 0 Å². The van der Waals surface area contributed by atoms with Gasteiger partial charge in [0.1, 0.15) is 5.75 Å². The molecule has 0 radical (unpaired) electrons. The van der Waals surface area contributed by atoms with Crippen molar-refractivity contribution in [2.75, 3.05) is 19.7 Å². The van der Waals surface area contributed by atoms with E-state index in [1.807, 2.05) is 45.0 Å². The Balaban J connectivity index is 1.64. The minimum atomic E-state index is -0.523. The molecule has 2 amide bonds. The molecule has 1 heterocycles. The van der Waals surface area contributed by atoms with Crippen molar-refractivity contribution in [1.29, 1.82) is 0 Å². The van der Waals surface area contributed by atoms with Crippen LogP contribution in [0.1, 0.15) is 58.4 Å². The van der Waals surface area contributed by atoms with Crippen LogP contribution in [0.25, 0.3) is 0 Å². The minimum Gasteiger partial charge on any atom is -0.494 e. The Kier molecular flexibility index (Phi) is 6.60. The first-order valence-corrected chi connectivity index (χ1v) is 10.5. The largest absolute Gasteiger partial charge is 0.494 e. The molecular formula is C22H33N3O3. The molecule has 1 aromatic rings. The van der Waals surface area contributed by atoms with E-state index in [4.69, 9.17) is 4.74 Å². The van der Waals surface area contributed by atoms with E-state index in [0.29, 0.717) is 19.2 Å². The maximum Gasteiger partial charge on any atom is 0.237 e. The summed E-state index contributed by atoms with van der Waals surface area (Å²) in [4.78, 5) is 27.6. The number of nitrogens with one attached hydrogen (secondary N) is 2. The van der Waals surface area contributed by atoms with Crippen molar-refractivity contribution in [2.45, 2.75) is 70.5 Å². The monoisotopic (exact) mass is 387 g/mol. The van der Waals surface area contributed by atoms with Crippen LogP contribution in [0.4, 0.5) is 0 Å². The lowest BCUT2D eigenvalue weighted by molar-refractivity contribution is -0.135. The first-order chi connectivity index (χ1) is 13.4. The van der Waals surface area contributed by atoms with Crippen molar-refractivity contribution in [1.82, 2.24) is 15.5 Å². The second kappa shape index (κ2) is 8.95. The summed E-state index contributed by atoms with van der Waals surface area (Å²) in [6.07, 6.45) is 4.88. The van der Waals surface area contributed by atoms with E-state index < -0.39 is 5.54 Å². The van der Waals surface area contributed by atoms with Crippen molar-refractivity contribution in [3.8, 4) is 5.75 Å². The average Bonchev–Trinajstić information content (AvgIpc) is 3.18. The van der Waals surface area contributed by atoms with Gasteiger partial charge >= 0.3 is 0 Å². The zero-order valence-electron chi connectivity index (χ0n) is 17.3. The van der Waals surface area contributed by atoms with Gasteiger partial charge in [-0.3, -0.25) is 14.5 Å². The highest BCUT2D eigenvalue weighted by Gasteiger charge is 2.37. The number of benzene rings is 1. The molecule has 6 nitrogen and oxygen atoms in total. The number of carbonyl (C=O) groups is 2. The number of hydrogen-bond donors (Lipinski definition) is 2. The lowest BCUT2D eigenvalue weighted by atomic mass is 9.93. The zero-order chi connectivity index (χ0) is 20.1. The van der Waals surface area contributed by atoms with E-state index in [2.05, 4.69) is 15.5 Å². The Labute approximate surface area is 168 Å². The molecule has 0 unspecified atom stereocenters. The van der Waals surface area contributed by atoms with Crippen LogP contribution in [-0.2, 0) is 15.1 Å². The molecule has 2 N–H and O–H groups in total. The molecule has 28 heavy (non-hydrogen) atoms. The van der Waals surface area contributed by atoms with E-state index in [0.717, 1.165) is 30.7 Å². The van der Waals surface area contributed by atoms with Crippen molar-refractivity contribution in [3.63, 3.8) is 0 Å². The molecule has 154 valence electrons. The molecule has 3 rings (SSSR count). The summed E-state index contributed by atoms with van der Waals surface area (Å²) in [5.41, 5.74) is 0.482. The quantitative estimate of drug-likeness (QED) is 0.754. The number of rotatable bonds is 7. The van der Waals surface area contributed by atoms with Gasteiger partial charge in [0.05, 0.1) is 24.6 Å². The smallest absolute Gasteiger partial charge is 0.237 e. The Morgan fingerprint density at radius 2 is 1.93 bits per heavy atom. The van der Waals surface area contributed by atoms with Crippen LogP contribution < -0.4 is 15.4 Å². The van der Waals surface area contributed by atoms with Gasteiger partial charge in [0, 0.05) is 19.1 Å². The van der Waals surface area contributed by atoms with Gasteiger partial charge in [0.25, 0.3) is 0 Å². The SMILES string of the molecule is CCOc1ccc(C(C)(C)NC(=O)C[C@@H]2C(=O)NCCN2C2CCCC2)cc1. The normalized spacial score (nSPS) is 21.4. The number of ether oxygens (including phenoxy) is 1. The molecule has 2 aliphatic rings. The highest BCUT2D eigenvalue weighted by atomic mass is 16.5. The van der Waals surface area contributed by atoms with Crippen molar-refractivity contribution in [2.24, 2.45) is 0 Å². The van der Waals surface area contributed by atoms with Crippen LogP contribution in [0.5, 0.6) is 5.75 Å². The Bertz CT molecular complexity index is 681. The molecule has 0 bridgehead atoms. The van der Waals surface area contributed by atoms with Gasteiger partial charge in [-0.05, 0) is 51.3 Å². The van der Waals surface area contributed by atoms with E-state index in [-0.39, 0.29) is 24.3 Å². The van der Waals surface area contributed by atoms with Crippen LogP contribution in [0.2, 0.25) is 0 Å². The summed E-state index contributed by atoms with van der Waals surface area (Å²) < 4.78 is 5.49. The van der Waals surface area contributed by atoms with Crippen LogP contribution in [0.3, 0.4) is 0 Å². The molecule has 1 aliphatic carbocycles. The second-order valence-electron chi connectivity index (χ2n) is 8.32. The van der Waals surface area contributed by atoms with Gasteiger partial charge in [-0.2, -0.15) is 0 Å². The molecule has 0 aromatic heterocycles. The molecule has 1 atom stereocenters. The fraction of sp³-hybridized carbons (Fsp3) is 0.636. The lowest BCUT2D eigenvalue weighted by Gasteiger charge is -2.39. The third kappa shape index (κ3) is 4.85. The summed E-state index contributed by atoms with van der Waals surface area (Å²) >= 11 is 0. The zero-order valence-corrected chi connectivity index (χ0v) is 17.3. The van der Waals surface area contributed by atoms with E-state index in [1.165, 1.54) is 12.8 Å². The highest BCUT2D eigenvalue weighted by Crippen LogP contribution is 2.28. The van der Waals surface area contributed by atoms with Gasteiger partial charge in [0.15, 0.2) is 0 Å². The van der Waals surface area contributed by atoms with E-state index >= 15 is 0 Å². The second-order valence-corrected chi connectivity index (χ2v) is 8.32. The van der Waals surface area contributed by atoms with Crippen LogP contribution >= 0.6 is 0 Å². The predicted molar refractivity (Wildman–Crippen MR) is 109 cm³/mol. The maximum atomic E-state index is 12.8. The summed E-state index contributed by atoms with van der Waals surface area (Å²) in [7, 11) is 0. The number of nitrogens with zero attached hydrogens (tertiary/aromatic N) is 1. The first-order valence-electron chi connectivity index (χ1n) is 10.5. The first kappa shape index (κ1) is 20.6. The van der Waals surface area contributed by atoms with Crippen molar-refractivity contribution >= 4 is 11.8 Å². The Morgan fingerprint density at radius 1 is 1.25 bits per heavy atom. The molecule has 6 heteroatoms. The number of amides is 2. The van der Waals surface area contributed by atoms with Gasteiger partial charge in [-0.1, -0.05) is 25.0 Å². The van der Waals surface area contributed by atoms with E-state index in [1.54, 1.807) is 0 Å². The standard InChI is InChI=1S/C22H33N3O3/c1-4-28-18-11-9-16(10-12-18)22(2,3)24-20(26)15-19-21(27)23-13-14-25(19)17-7-5-6-8-17/h9-12,17,19H,4-8,13-15H2,1-3H3,(H,23,27)(H,24,26)/t19-/m1/s1. The molecule has 1 saturated carbocycles. The summed E-state index contributed by atoms with van der Waals surface area (Å²) in [6.45, 7) is 8.04. The van der Waals surface area contributed by atoms with Crippen molar-refractivity contribution in [3.05, 3.63) is 29.8 Å².